The lowest BCUT2D eigenvalue weighted by Gasteiger charge is -2.10. The van der Waals surface area contributed by atoms with E-state index in [1.807, 2.05) is 0 Å². The molecule has 0 fully saturated rings. The Kier molecular flexibility index (Phi) is 4.62. The second-order valence-electron chi connectivity index (χ2n) is 3.88. The number of nitrogens with one attached hydrogen (secondary N) is 1. The van der Waals surface area contributed by atoms with Crippen molar-refractivity contribution < 1.29 is 23.1 Å². The van der Waals surface area contributed by atoms with Gasteiger partial charge in [-0.2, -0.15) is 5.10 Å². The first kappa shape index (κ1) is 15.1. The van der Waals surface area contributed by atoms with Gasteiger partial charge in [0.05, 0.1) is 12.7 Å². The monoisotopic (exact) mass is 290 g/mol. The number of likely N-dealkylation sites (N-methyl/N-ethyl adjacent to an activating group) is 1. The van der Waals surface area contributed by atoms with Crippen LogP contribution in [0.25, 0.3) is 0 Å². The lowest BCUT2D eigenvalue weighted by Crippen LogP contribution is -2.36. The average molecular weight is 290 g/mol. The smallest absolute Gasteiger partial charge is 0.325 e. The third-order valence-corrected chi connectivity index (χ3v) is 3.49. The Bertz CT molecular complexity index is 577. The molecule has 0 unspecified atom stereocenters. The van der Waals surface area contributed by atoms with E-state index in [2.05, 4.69) is 9.82 Å². The Morgan fingerprint density at radius 2 is 2.11 bits per heavy atom. The van der Waals surface area contributed by atoms with Crippen LogP contribution in [-0.4, -0.2) is 60.7 Å². The second-order valence-corrected chi connectivity index (χ2v) is 5.65. The fourth-order valence-corrected chi connectivity index (χ4v) is 2.03. The molecular formula is C9H14N4O5S. The third-order valence-electron chi connectivity index (χ3n) is 2.13. The topological polar surface area (TPSA) is 122 Å². The number of hydrogen-bond acceptors (Lipinski definition) is 5. The maximum atomic E-state index is 11.8. The summed E-state index contributed by atoms with van der Waals surface area (Å²) in [7, 11) is -0.875. The molecule has 1 heterocycles. The number of nitrogens with zero attached hydrogens (tertiary/aromatic N) is 3. The zero-order chi connectivity index (χ0) is 14.6. The Balaban J connectivity index is 2.75. The number of carboxylic acid groups (broad SMARTS) is 1. The van der Waals surface area contributed by atoms with E-state index in [0.29, 0.717) is 0 Å². The molecule has 19 heavy (non-hydrogen) atoms. The first-order valence-corrected chi connectivity index (χ1v) is 6.65. The molecule has 0 aliphatic rings. The summed E-state index contributed by atoms with van der Waals surface area (Å²) in [5.74, 6) is -1.54. The van der Waals surface area contributed by atoms with Gasteiger partial charge in [-0.25, -0.2) is 13.1 Å². The molecule has 0 atom stereocenters. The number of aliphatic carboxylic acids is 1. The van der Waals surface area contributed by atoms with Crippen LogP contribution in [0.4, 0.5) is 0 Å². The molecule has 9 nitrogen and oxygen atoms in total. The number of carboxylic acids is 1. The maximum absolute atomic E-state index is 11.8. The summed E-state index contributed by atoms with van der Waals surface area (Å²) in [5, 5.41) is 12.1. The fourth-order valence-electron chi connectivity index (χ4n) is 1.11. The van der Waals surface area contributed by atoms with Crippen LogP contribution in [0.2, 0.25) is 0 Å². The molecule has 0 aliphatic carbocycles. The summed E-state index contributed by atoms with van der Waals surface area (Å²) in [4.78, 5) is 22.8. The molecule has 106 valence electrons. The lowest BCUT2D eigenvalue weighted by molar-refractivity contribution is -0.137. The Labute approximate surface area is 109 Å². The lowest BCUT2D eigenvalue weighted by atomic mass is 10.6. The summed E-state index contributed by atoms with van der Waals surface area (Å²) in [5.41, 5.74) is 0. The van der Waals surface area contributed by atoms with E-state index in [-0.39, 0.29) is 11.4 Å². The average Bonchev–Trinajstić information content (AvgIpc) is 2.74. The molecule has 1 rings (SSSR count). The zero-order valence-corrected chi connectivity index (χ0v) is 11.2. The van der Waals surface area contributed by atoms with E-state index in [4.69, 9.17) is 5.11 Å². The van der Waals surface area contributed by atoms with Crippen molar-refractivity contribution in [1.82, 2.24) is 19.4 Å². The van der Waals surface area contributed by atoms with Gasteiger partial charge in [-0.05, 0) is 0 Å². The molecule has 1 amide bonds. The third kappa shape index (κ3) is 4.34. The number of amides is 1. The van der Waals surface area contributed by atoms with Crippen molar-refractivity contribution in [3.05, 3.63) is 12.4 Å². The van der Waals surface area contributed by atoms with Crippen LogP contribution in [0.1, 0.15) is 0 Å². The highest BCUT2D eigenvalue weighted by atomic mass is 32.2. The largest absolute Gasteiger partial charge is 0.480 e. The molecule has 0 bridgehead atoms. The fraction of sp³-hybridized carbons (Fsp3) is 0.444. The number of carbonyl (C=O) groups excluding carboxylic acids is 1. The number of aromatic nitrogens is 2. The van der Waals surface area contributed by atoms with Crippen LogP contribution in [0.15, 0.2) is 17.3 Å². The highest BCUT2D eigenvalue weighted by molar-refractivity contribution is 7.89. The highest BCUT2D eigenvalue weighted by Crippen LogP contribution is 2.06. The number of hydrogen-bond donors (Lipinski definition) is 2. The van der Waals surface area contributed by atoms with E-state index in [1.54, 1.807) is 0 Å². The van der Waals surface area contributed by atoms with Crippen molar-refractivity contribution in [2.24, 2.45) is 0 Å². The summed E-state index contributed by atoms with van der Waals surface area (Å²) in [6, 6.07) is 0. The van der Waals surface area contributed by atoms with E-state index in [1.165, 1.54) is 19.0 Å². The van der Waals surface area contributed by atoms with Crippen molar-refractivity contribution in [2.75, 3.05) is 20.6 Å². The van der Waals surface area contributed by atoms with Crippen LogP contribution < -0.4 is 4.72 Å². The summed E-state index contributed by atoms with van der Waals surface area (Å²) < 4.78 is 26.6. The maximum Gasteiger partial charge on any atom is 0.325 e. The van der Waals surface area contributed by atoms with Crippen LogP contribution >= 0.6 is 0 Å². The van der Waals surface area contributed by atoms with E-state index in [9.17, 15) is 18.0 Å². The highest BCUT2D eigenvalue weighted by Gasteiger charge is 2.18. The molecule has 1 aromatic heterocycles. The number of rotatable bonds is 6. The first-order valence-electron chi connectivity index (χ1n) is 5.16. The van der Waals surface area contributed by atoms with Crippen molar-refractivity contribution >= 4 is 21.9 Å². The predicted octanol–water partition coefficient (Wildman–Crippen LogP) is -1.67. The van der Waals surface area contributed by atoms with Crippen LogP contribution in [0, 0.1) is 0 Å². The molecule has 0 saturated heterocycles. The Hall–Kier alpha value is -1.94. The van der Waals surface area contributed by atoms with E-state index < -0.39 is 28.4 Å². The molecule has 0 spiro atoms. The van der Waals surface area contributed by atoms with Gasteiger partial charge < -0.3 is 10.0 Å². The first-order chi connectivity index (χ1) is 8.72. The van der Waals surface area contributed by atoms with E-state index >= 15 is 0 Å². The Morgan fingerprint density at radius 3 is 2.63 bits per heavy atom. The molecule has 0 aromatic carbocycles. The molecular weight excluding hydrogens is 276 g/mol. The van der Waals surface area contributed by atoms with Gasteiger partial charge in [0.2, 0.25) is 15.9 Å². The standard InChI is InChI=1S/C9H14N4O5S/c1-12(2)8(14)4-11-19(17,18)7-3-10-13(5-7)6-9(15)16/h3,5,11H,4,6H2,1-2H3,(H,15,16). The molecule has 0 saturated carbocycles. The van der Waals surface area contributed by atoms with Gasteiger partial charge in [-0.3, -0.25) is 14.3 Å². The molecule has 0 aliphatic heterocycles. The van der Waals surface area contributed by atoms with Gasteiger partial charge in [0.1, 0.15) is 11.4 Å². The van der Waals surface area contributed by atoms with Crippen molar-refractivity contribution in [3.8, 4) is 0 Å². The van der Waals surface area contributed by atoms with Gasteiger partial charge in [0, 0.05) is 20.3 Å². The van der Waals surface area contributed by atoms with Crippen molar-refractivity contribution in [1.29, 1.82) is 0 Å². The number of carbonyl (C=O) groups is 2. The summed E-state index contributed by atoms with van der Waals surface area (Å²) in [6.07, 6.45) is 2.10. The van der Waals surface area contributed by atoms with E-state index in [0.717, 1.165) is 17.1 Å². The summed E-state index contributed by atoms with van der Waals surface area (Å²) in [6.45, 7) is -0.814. The van der Waals surface area contributed by atoms with Crippen LogP contribution in [0.5, 0.6) is 0 Å². The van der Waals surface area contributed by atoms with Gasteiger partial charge in [-0.1, -0.05) is 0 Å². The molecule has 0 radical (unpaired) electrons. The SMILES string of the molecule is CN(C)C(=O)CNS(=O)(=O)c1cnn(CC(=O)O)c1. The minimum Gasteiger partial charge on any atom is -0.480 e. The normalized spacial score (nSPS) is 11.3. The molecule has 10 heteroatoms. The van der Waals surface area contributed by atoms with Gasteiger partial charge in [0.25, 0.3) is 0 Å². The Morgan fingerprint density at radius 1 is 1.47 bits per heavy atom. The minimum atomic E-state index is -3.88. The van der Waals surface area contributed by atoms with Gasteiger partial charge in [-0.15, -0.1) is 0 Å². The van der Waals surface area contributed by atoms with Gasteiger partial charge in [0.15, 0.2) is 0 Å². The second kappa shape index (κ2) is 5.80. The minimum absolute atomic E-state index is 0.194. The predicted molar refractivity (Wildman–Crippen MR) is 63.7 cm³/mol. The zero-order valence-electron chi connectivity index (χ0n) is 10.4. The molecule has 2 N–H and O–H groups in total. The van der Waals surface area contributed by atoms with Crippen LogP contribution in [0.3, 0.4) is 0 Å². The quantitative estimate of drug-likeness (QED) is 0.646. The number of sulfonamides is 1. The van der Waals surface area contributed by atoms with Gasteiger partial charge >= 0.3 is 5.97 Å². The van der Waals surface area contributed by atoms with Crippen LogP contribution in [-0.2, 0) is 26.2 Å². The van der Waals surface area contributed by atoms with Crippen molar-refractivity contribution in [3.63, 3.8) is 0 Å². The molecule has 1 aromatic rings. The summed E-state index contributed by atoms with van der Waals surface area (Å²) >= 11 is 0. The van der Waals surface area contributed by atoms with Crippen molar-refractivity contribution in [2.45, 2.75) is 11.4 Å².